The van der Waals surface area contributed by atoms with Gasteiger partial charge in [0.1, 0.15) is 0 Å². The van der Waals surface area contributed by atoms with E-state index < -0.39 is 0 Å². The van der Waals surface area contributed by atoms with E-state index in [1.165, 1.54) is 19.0 Å². The molecule has 1 amide bonds. The molecule has 98 valence electrons. The largest absolute Gasteiger partial charge is 0.339 e. The third-order valence-electron chi connectivity index (χ3n) is 3.38. The minimum atomic E-state index is 0.0537. The van der Waals surface area contributed by atoms with E-state index in [1.54, 1.807) is 12.3 Å². The second-order valence-electron chi connectivity index (χ2n) is 4.69. The zero-order valence-corrected chi connectivity index (χ0v) is 10.8. The molecule has 0 radical (unpaired) electrons. The number of nitrogens with one attached hydrogen (secondary N) is 1. The molecule has 1 N–H and O–H groups in total. The average molecular weight is 248 g/mol. The number of hydrogen-bond donors (Lipinski definition) is 1. The fourth-order valence-corrected chi connectivity index (χ4v) is 2.35. The van der Waals surface area contributed by atoms with Gasteiger partial charge >= 0.3 is 0 Å². The Kier molecular flexibility index (Phi) is 4.64. The summed E-state index contributed by atoms with van der Waals surface area (Å²) in [5, 5.41) is 10.8. The predicted molar refractivity (Wildman–Crippen MR) is 69.2 cm³/mol. The highest BCUT2D eigenvalue weighted by Crippen LogP contribution is 2.13. The van der Waals surface area contributed by atoms with Crippen LogP contribution in [0.1, 0.15) is 30.1 Å². The van der Waals surface area contributed by atoms with E-state index in [0.29, 0.717) is 11.5 Å². The standard InChI is InChI=1S/C13H20N4O/c1-2-17(10-11-4-3-6-14-8-11)13(18)12-5-7-15-16-9-12/h5,7,9,11,14H,2-4,6,8,10H2,1H3. The SMILES string of the molecule is CCN(CC1CCCNC1)C(=O)c1ccnnc1. The second-order valence-corrected chi connectivity index (χ2v) is 4.69. The van der Waals surface area contributed by atoms with Crippen LogP contribution in [0.2, 0.25) is 0 Å². The van der Waals surface area contributed by atoms with Gasteiger partial charge in [-0.3, -0.25) is 4.79 Å². The number of nitrogens with zero attached hydrogens (tertiary/aromatic N) is 3. The summed E-state index contributed by atoms with van der Waals surface area (Å²) in [7, 11) is 0. The van der Waals surface area contributed by atoms with Crippen molar-refractivity contribution < 1.29 is 4.79 Å². The normalized spacial score (nSPS) is 19.5. The summed E-state index contributed by atoms with van der Waals surface area (Å²) >= 11 is 0. The van der Waals surface area contributed by atoms with Gasteiger partial charge in [-0.2, -0.15) is 10.2 Å². The van der Waals surface area contributed by atoms with E-state index in [0.717, 1.165) is 26.2 Å². The minimum absolute atomic E-state index is 0.0537. The number of carbonyl (C=O) groups excluding carboxylic acids is 1. The molecule has 5 heteroatoms. The molecule has 18 heavy (non-hydrogen) atoms. The number of carbonyl (C=O) groups is 1. The molecule has 1 unspecified atom stereocenters. The minimum Gasteiger partial charge on any atom is -0.339 e. The molecule has 0 aliphatic carbocycles. The lowest BCUT2D eigenvalue weighted by Crippen LogP contribution is -2.41. The first-order valence-electron chi connectivity index (χ1n) is 6.58. The van der Waals surface area contributed by atoms with Crippen molar-refractivity contribution in [2.45, 2.75) is 19.8 Å². The van der Waals surface area contributed by atoms with Crippen molar-refractivity contribution in [3.63, 3.8) is 0 Å². The summed E-state index contributed by atoms with van der Waals surface area (Å²) in [5.41, 5.74) is 0.621. The molecule has 1 aliphatic rings. The Labute approximate surface area is 108 Å². The molecule has 1 atom stereocenters. The van der Waals surface area contributed by atoms with Crippen LogP contribution < -0.4 is 5.32 Å². The zero-order valence-electron chi connectivity index (χ0n) is 10.8. The van der Waals surface area contributed by atoms with Crippen LogP contribution in [0.25, 0.3) is 0 Å². The van der Waals surface area contributed by atoms with Gasteiger partial charge in [0.25, 0.3) is 5.91 Å². The quantitative estimate of drug-likeness (QED) is 0.861. The van der Waals surface area contributed by atoms with Gasteiger partial charge < -0.3 is 10.2 Å². The molecule has 0 aromatic carbocycles. The van der Waals surface area contributed by atoms with Crippen LogP contribution in [-0.4, -0.2) is 47.2 Å². The fourth-order valence-electron chi connectivity index (χ4n) is 2.35. The van der Waals surface area contributed by atoms with E-state index in [9.17, 15) is 4.79 Å². The summed E-state index contributed by atoms with van der Waals surface area (Å²) < 4.78 is 0. The van der Waals surface area contributed by atoms with Crippen molar-refractivity contribution in [3.8, 4) is 0 Å². The van der Waals surface area contributed by atoms with Gasteiger partial charge in [0, 0.05) is 13.1 Å². The predicted octanol–water partition coefficient (Wildman–Crippen LogP) is 0.938. The van der Waals surface area contributed by atoms with Gasteiger partial charge in [-0.15, -0.1) is 0 Å². The molecule has 0 saturated carbocycles. The van der Waals surface area contributed by atoms with Crippen molar-refractivity contribution in [2.24, 2.45) is 5.92 Å². The summed E-state index contributed by atoms with van der Waals surface area (Å²) in [4.78, 5) is 14.2. The van der Waals surface area contributed by atoms with E-state index in [4.69, 9.17) is 0 Å². The molecule has 5 nitrogen and oxygen atoms in total. The van der Waals surface area contributed by atoms with Crippen LogP contribution in [0.5, 0.6) is 0 Å². The summed E-state index contributed by atoms with van der Waals surface area (Å²) in [6.45, 7) is 5.69. The van der Waals surface area contributed by atoms with Crippen LogP contribution in [0.3, 0.4) is 0 Å². The van der Waals surface area contributed by atoms with Crippen molar-refractivity contribution in [1.29, 1.82) is 0 Å². The van der Waals surface area contributed by atoms with Crippen molar-refractivity contribution in [3.05, 3.63) is 24.0 Å². The lowest BCUT2D eigenvalue weighted by Gasteiger charge is -2.29. The van der Waals surface area contributed by atoms with Crippen LogP contribution in [-0.2, 0) is 0 Å². The Morgan fingerprint density at radius 2 is 2.44 bits per heavy atom. The molecule has 1 aromatic rings. The smallest absolute Gasteiger partial charge is 0.255 e. The van der Waals surface area contributed by atoms with E-state index >= 15 is 0 Å². The van der Waals surface area contributed by atoms with Gasteiger partial charge in [0.05, 0.1) is 18.0 Å². The Morgan fingerprint density at radius 3 is 3.06 bits per heavy atom. The number of hydrogen-bond acceptors (Lipinski definition) is 4. The van der Waals surface area contributed by atoms with Crippen molar-refractivity contribution >= 4 is 5.91 Å². The maximum atomic E-state index is 12.3. The van der Waals surface area contributed by atoms with Crippen LogP contribution in [0.4, 0.5) is 0 Å². The highest BCUT2D eigenvalue weighted by Gasteiger charge is 2.20. The maximum absolute atomic E-state index is 12.3. The molecule has 1 aromatic heterocycles. The van der Waals surface area contributed by atoms with Gasteiger partial charge in [0.15, 0.2) is 0 Å². The van der Waals surface area contributed by atoms with E-state index in [2.05, 4.69) is 15.5 Å². The lowest BCUT2D eigenvalue weighted by atomic mass is 9.99. The van der Waals surface area contributed by atoms with Crippen molar-refractivity contribution in [1.82, 2.24) is 20.4 Å². The first-order chi connectivity index (χ1) is 8.81. The Morgan fingerprint density at radius 1 is 1.56 bits per heavy atom. The molecule has 2 rings (SSSR count). The third kappa shape index (κ3) is 3.26. The Hall–Kier alpha value is -1.49. The van der Waals surface area contributed by atoms with Crippen molar-refractivity contribution in [2.75, 3.05) is 26.2 Å². The van der Waals surface area contributed by atoms with Crippen LogP contribution in [0, 0.1) is 5.92 Å². The number of rotatable bonds is 4. The Bertz CT molecular complexity index is 376. The molecule has 1 fully saturated rings. The Balaban J connectivity index is 1.97. The van der Waals surface area contributed by atoms with Gasteiger partial charge in [-0.25, -0.2) is 0 Å². The third-order valence-corrected chi connectivity index (χ3v) is 3.38. The van der Waals surface area contributed by atoms with Crippen LogP contribution >= 0.6 is 0 Å². The monoisotopic (exact) mass is 248 g/mol. The summed E-state index contributed by atoms with van der Waals surface area (Å²) in [6, 6.07) is 1.72. The zero-order chi connectivity index (χ0) is 12.8. The second kappa shape index (κ2) is 6.44. The molecule has 2 heterocycles. The summed E-state index contributed by atoms with van der Waals surface area (Å²) in [5.74, 6) is 0.621. The van der Waals surface area contributed by atoms with E-state index in [-0.39, 0.29) is 5.91 Å². The number of amides is 1. The highest BCUT2D eigenvalue weighted by molar-refractivity contribution is 5.93. The number of piperidine rings is 1. The van der Waals surface area contributed by atoms with Gasteiger partial charge in [-0.1, -0.05) is 0 Å². The van der Waals surface area contributed by atoms with Gasteiger partial charge in [0.2, 0.25) is 0 Å². The molecular formula is C13H20N4O. The first-order valence-corrected chi connectivity index (χ1v) is 6.58. The molecular weight excluding hydrogens is 228 g/mol. The van der Waals surface area contributed by atoms with E-state index in [1.807, 2.05) is 11.8 Å². The lowest BCUT2D eigenvalue weighted by molar-refractivity contribution is 0.0728. The molecule has 0 spiro atoms. The maximum Gasteiger partial charge on any atom is 0.255 e. The van der Waals surface area contributed by atoms with Gasteiger partial charge in [-0.05, 0) is 44.8 Å². The molecule has 1 aliphatic heterocycles. The van der Waals surface area contributed by atoms with Crippen LogP contribution in [0.15, 0.2) is 18.5 Å². The number of aromatic nitrogens is 2. The topological polar surface area (TPSA) is 58.1 Å². The molecule has 0 bridgehead atoms. The molecule has 1 saturated heterocycles. The average Bonchev–Trinajstić information content (AvgIpc) is 2.46. The first kappa shape index (κ1) is 13.0. The highest BCUT2D eigenvalue weighted by atomic mass is 16.2. The fraction of sp³-hybridized carbons (Fsp3) is 0.615. The summed E-state index contributed by atoms with van der Waals surface area (Å²) in [6.07, 6.45) is 5.49.